The summed E-state index contributed by atoms with van der Waals surface area (Å²) in [4.78, 5) is 47.4. The van der Waals surface area contributed by atoms with Crippen molar-refractivity contribution in [2.45, 2.75) is 13.0 Å². The van der Waals surface area contributed by atoms with Crippen LogP contribution in [0.1, 0.15) is 22.3 Å². The second kappa shape index (κ2) is 9.23. The molecule has 0 saturated heterocycles. The fraction of sp³-hybridized carbons (Fsp3) is 0.148. The molecule has 10 nitrogen and oxygen atoms in total. The van der Waals surface area contributed by atoms with Crippen molar-refractivity contribution in [1.29, 1.82) is 0 Å². The van der Waals surface area contributed by atoms with Crippen LogP contribution in [-0.4, -0.2) is 38.3 Å². The van der Waals surface area contributed by atoms with Gasteiger partial charge in [-0.3, -0.25) is 24.8 Å². The Kier molecular flexibility index (Phi) is 5.61. The highest BCUT2D eigenvalue weighted by molar-refractivity contribution is 6.00. The van der Waals surface area contributed by atoms with Crippen molar-refractivity contribution in [1.82, 2.24) is 19.2 Å². The molecule has 37 heavy (non-hydrogen) atoms. The number of benzene rings is 1. The maximum Gasteiger partial charge on any atom is 0.278 e. The van der Waals surface area contributed by atoms with E-state index in [1.165, 1.54) is 24.7 Å². The number of fused-ring (bicyclic) bond motifs is 3. The molecule has 1 aliphatic rings. The molecule has 184 valence electrons. The Morgan fingerprint density at radius 1 is 0.865 bits per heavy atom. The van der Waals surface area contributed by atoms with Crippen molar-refractivity contribution in [2.75, 3.05) is 18.6 Å². The Hall–Kier alpha value is -4.99. The van der Waals surface area contributed by atoms with Crippen LogP contribution in [-0.2, 0) is 6.54 Å². The molecular formula is C27H21N5O5. The molecule has 1 aromatic carbocycles. The minimum absolute atomic E-state index is 0.218. The number of ether oxygens (including phenoxy) is 2. The zero-order valence-corrected chi connectivity index (χ0v) is 19.6. The molecule has 5 heterocycles. The standard InChI is InChI=1S/C27H21N5O5/c33-25(18-4-8-28-9-5-18)30-32-11-7-22-20(27(32)35)15-19-21(29-22)6-10-31(26(19)34)16-17-2-3-23-24(14-17)37-13-1-12-36-23/h2-11,14-15H,1,12-13,16H2,(H,30,33). The summed E-state index contributed by atoms with van der Waals surface area (Å²) < 4.78 is 14.1. The van der Waals surface area contributed by atoms with Crippen LogP contribution in [0.4, 0.5) is 0 Å². The number of rotatable bonds is 4. The number of aromatic nitrogens is 4. The lowest BCUT2D eigenvalue weighted by molar-refractivity contribution is 0.101. The van der Waals surface area contributed by atoms with Crippen molar-refractivity contribution in [2.24, 2.45) is 0 Å². The van der Waals surface area contributed by atoms with Crippen molar-refractivity contribution in [3.63, 3.8) is 0 Å². The van der Waals surface area contributed by atoms with E-state index in [1.54, 1.807) is 35.0 Å². The third-order valence-electron chi connectivity index (χ3n) is 6.15. The van der Waals surface area contributed by atoms with Gasteiger partial charge in [0.15, 0.2) is 11.5 Å². The third kappa shape index (κ3) is 4.29. The number of nitrogens with zero attached hydrogens (tertiary/aromatic N) is 4. The van der Waals surface area contributed by atoms with Crippen molar-refractivity contribution >= 4 is 27.7 Å². The first-order valence-electron chi connectivity index (χ1n) is 11.7. The Morgan fingerprint density at radius 3 is 2.41 bits per heavy atom. The fourth-order valence-electron chi connectivity index (χ4n) is 4.26. The smallest absolute Gasteiger partial charge is 0.278 e. The predicted octanol–water partition coefficient (Wildman–Crippen LogP) is 2.70. The maximum absolute atomic E-state index is 13.4. The molecule has 0 radical (unpaired) electrons. The first-order chi connectivity index (χ1) is 18.1. The normalized spacial score (nSPS) is 12.9. The lowest BCUT2D eigenvalue weighted by Gasteiger charge is -2.12. The van der Waals surface area contributed by atoms with E-state index in [4.69, 9.17) is 9.47 Å². The first kappa shape index (κ1) is 22.5. The number of carbonyl (C=O) groups is 1. The number of hydrogen-bond acceptors (Lipinski definition) is 7. The number of hydrogen-bond donors (Lipinski definition) is 1. The van der Waals surface area contributed by atoms with E-state index in [2.05, 4.69) is 15.4 Å². The van der Waals surface area contributed by atoms with Crippen molar-refractivity contribution in [3.8, 4) is 11.5 Å². The molecule has 6 rings (SSSR count). The van der Waals surface area contributed by atoms with E-state index in [9.17, 15) is 14.4 Å². The molecule has 0 atom stereocenters. The molecule has 0 spiro atoms. The van der Waals surface area contributed by atoms with Gasteiger partial charge in [0.25, 0.3) is 17.0 Å². The first-order valence-corrected chi connectivity index (χ1v) is 11.7. The van der Waals surface area contributed by atoms with Gasteiger partial charge in [0.2, 0.25) is 0 Å². The number of pyridine rings is 4. The topological polar surface area (TPSA) is 117 Å². The zero-order valence-electron chi connectivity index (χ0n) is 19.6. The molecule has 1 aliphatic heterocycles. The van der Waals surface area contributed by atoms with Crippen LogP contribution in [0.25, 0.3) is 21.8 Å². The third-order valence-corrected chi connectivity index (χ3v) is 6.15. The van der Waals surface area contributed by atoms with Crippen LogP contribution in [0.2, 0.25) is 0 Å². The highest BCUT2D eigenvalue weighted by Gasteiger charge is 2.14. The van der Waals surface area contributed by atoms with E-state index in [-0.39, 0.29) is 10.9 Å². The summed E-state index contributed by atoms with van der Waals surface area (Å²) in [5, 5.41) is 0.523. The molecule has 5 aromatic rings. The van der Waals surface area contributed by atoms with Gasteiger partial charge < -0.3 is 14.0 Å². The van der Waals surface area contributed by atoms with Gasteiger partial charge in [0, 0.05) is 36.8 Å². The second-order valence-corrected chi connectivity index (χ2v) is 8.60. The lowest BCUT2D eigenvalue weighted by Crippen LogP contribution is -2.32. The minimum atomic E-state index is -0.494. The van der Waals surface area contributed by atoms with Crippen molar-refractivity contribution < 1.29 is 14.3 Å². The minimum Gasteiger partial charge on any atom is -0.490 e. The van der Waals surface area contributed by atoms with E-state index in [1.807, 2.05) is 18.2 Å². The van der Waals surface area contributed by atoms with Crippen LogP contribution in [0.5, 0.6) is 11.5 Å². The largest absolute Gasteiger partial charge is 0.490 e. The van der Waals surface area contributed by atoms with Gasteiger partial charge in [-0.05, 0) is 48.0 Å². The van der Waals surface area contributed by atoms with Gasteiger partial charge in [-0.15, -0.1) is 0 Å². The van der Waals surface area contributed by atoms with Crippen LogP contribution in [0.15, 0.2) is 82.9 Å². The molecule has 4 aromatic heterocycles. The van der Waals surface area contributed by atoms with Crippen LogP contribution < -0.4 is 26.0 Å². The number of amides is 1. The highest BCUT2D eigenvalue weighted by atomic mass is 16.5. The monoisotopic (exact) mass is 495 g/mol. The number of carbonyl (C=O) groups excluding carboxylic acids is 1. The van der Waals surface area contributed by atoms with Crippen LogP contribution in [0.3, 0.4) is 0 Å². The molecule has 10 heteroatoms. The SMILES string of the molecule is O=C(Nn1ccc2nc3ccn(Cc4ccc5c(c4)OCCCO5)c(=O)c3cc2c1=O)c1ccncc1. The molecule has 1 amide bonds. The summed E-state index contributed by atoms with van der Waals surface area (Å²) in [6.07, 6.45) is 6.91. The van der Waals surface area contributed by atoms with Gasteiger partial charge in [-0.2, -0.15) is 0 Å². The van der Waals surface area contributed by atoms with Crippen LogP contribution in [0, 0.1) is 0 Å². The Morgan fingerprint density at radius 2 is 1.59 bits per heavy atom. The van der Waals surface area contributed by atoms with E-state index in [0.29, 0.717) is 53.2 Å². The molecule has 0 fully saturated rings. The molecule has 0 aliphatic carbocycles. The Labute approximate surface area is 209 Å². The van der Waals surface area contributed by atoms with Crippen molar-refractivity contribution in [3.05, 3.63) is 105 Å². The predicted molar refractivity (Wildman–Crippen MR) is 137 cm³/mol. The molecule has 0 unspecified atom stereocenters. The Bertz CT molecular complexity index is 1780. The summed E-state index contributed by atoms with van der Waals surface area (Å²) in [5.41, 5.74) is 3.92. The number of nitrogens with one attached hydrogen (secondary N) is 1. The van der Waals surface area contributed by atoms with Crippen LogP contribution >= 0.6 is 0 Å². The van der Waals surface area contributed by atoms with E-state index in [0.717, 1.165) is 16.7 Å². The summed E-state index contributed by atoms with van der Waals surface area (Å²) in [6.45, 7) is 1.49. The summed E-state index contributed by atoms with van der Waals surface area (Å²) >= 11 is 0. The molecule has 1 N–H and O–H groups in total. The zero-order chi connectivity index (χ0) is 25.4. The van der Waals surface area contributed by atoms with Gasteiger partial charge in [-0.25, -0.2) is 9.66 Å². The molecular weight excluding hydrogens is 474 g/mol. The quantitative estimate of drug-likeness (QED) is 0.381. The maximum atomic E-state index is 13.4. The summed E-state index contributed by atoms with van der Waals surface area (Å²) in [7, 11) is 0. The molecule has 0 saturated carbocycles. The fourth-order valence-corrected chi connectivity index (χ4v) is 4.26. The van der Waals surface area contributed by atoms with Gasteiger partial charge in [0.1, 0.15) is 0 Å². The van der Waals surface area contributed by atoms with Gasteiger partial charge in [0.05, 0.1) is 41.6 Å². The Balaban J connectivity index is 1.36. The molecule has 0 bridgehead atoms. The average Bonchev–Trinajstić information content (AvgIpc) is 3.17. The summed E-state index contributed by atoms with van der Waals surface area (Å²) in [5.74, 6) is 0.885. The van der Waals surface area contributed by atoms with E-state index >= 15 is 0 Å². The second-order valence-electron chi connectivity index (χ2n) is 8.60. The lowest BCUT2D eigenvalue weighted by atomic mass is 10.1. The average molecular weight is 495 g/mol. The van der Waals surface area contributed by atoms with E-state index < -0.39 is 11.5 Å². The van der Waals surface area contributed by atoms with Gasteiger partial charge in [-0.1, -0.05) is 6.07 Å². The van der Waals surface area contributed by atoms with Gasteiger partial charge >= 0.3 is 0 Å². The highest BCUT2D eigenvalue weighted by Crippen LogP contribution is 2.30. The summed E-state index contributed by atoms with van der Waals surface area (Å²) in [6, 6.07) is 13.6.